The quantitative estimate of drug-likeness (QED) is 0.0662. The van der Waals surface area contributed by atoms with Gasteiger partial charge < -0.3 is 18.9 Å². The van der Waals surface area contributed by atoms with Gasteiger partial charge in [-0.15, -0.1) is 0 Å². The molecule has 44 heavy (non-hydrogen) atoms. The Morgan fingerprint density at radius 2 is 0.818 bits per heavy atom. The van der Waals surface area contributed by atoms with E-state index >= 15 is 0 Å². The molecule has 8 heteroatoms. The third kappa shape index (κ3) is 17.5. The number of esters is 2. The Labute approximate surface area is 270 Å². The number of likely N-dealkylation sites (N-methyl/N-ethyl adjacent to an activating group) is 2. The van der Waals surface area contributed by atoms with E-state index in [2.05, 4.69) is 13.8 Å². The zero-order valence-electron chi connectivity index (χ0n) is 29.0. The summed E-state index contributed by atoms with van der Waals surface area (Å²) in [5, 5.41) is 0. The van der Waals surface area contributed by atoms with Crippen LogP contribution in [0.5, 0.6) is 0 Å². The normalized spacial score (nSPS) is 21.3. The predicted octanol–water partition coefficient (Wildman–Crippen LogP) is 7.31. The Morgan fingerprint density at radius 3 is 1.14 bits per heavy atom. The van der Waals surface area contributed by atoms with Crippen molar-refractivity contribution >= 4 is 11.9 Å². The summed E-state index contributed by atoms with van der Waals surface area (Å²) in [5.41, 5.74) is 0. The number of hydrogen-bond donors (Lipinski definition) is 0. The van der Waals surface area contributed by atoms with Crippen LogP contribution in [-0.4, -0.2) is 99.6 Å². The van der Waals surface area contributed by atoms with Crippen molar-refractivity contribution in [3.05, 3.63) is 0 Å². The van der Waals surface area contributed by atoms with E-state index in [4.69, 9.17) is 18.9 Å². The van der Waals surface area contributed by atoms with Crippen molar-refractivity contribution in [3.8, 4) is 0 Å². The molecule has 0 aromatic carbocycles. The second-order valence-electron chi connectivity index (χ2n) is 13.5. The lowest BCUT2D eigenvalue weighted by atomic mass is 10.1. The van der Waals surface area contributed by atoms with Crippen LogP contribution < -0.4 is 0 Å². The fourth-order valence-corrected chi connectivity index (χ4v) is 6.38. The number of rotatable bonds is 28. The summed E-state index contributed by atoms with van der Waals surface area (Å²) in [6.45, 7) is 7.36. The zero-order valence-corrected chi connectivity index (χ0v) is 29.0. The molecule has 0 aromatic rings. The highest BCUT2D eigenvalue weighted by Crippen LogP contribution is 2.30. The molecule has 2 fully saturated rings. The van der Waals surface area contributed by atoms with Gasteiger partial charge in [0.2, 0.25) is 0 Å². The maximum absolute atomic E-state index is 12.6. The maximum atomic E-state index is 12.6. The van der Waals surface area contributed by atoms with Crippen molar-refractivity contribution in [1.29, 1.82) is 0 Å². The minimum atomic E-state index is -0.457. The highest BCUT2D eigenvalue weighted by atomic mass is 16.7. The van der Waals surface area contributed by atoms with Gasteiger partial charge in [-0.25, -0.2) is 0 Å². The summed E-state index contributed by atoms with van der Waals surface area (Å²) < 4.78 is 23.2. The van der Waals surface area contributed by atoms with E-state index < -0.39 is 12.2 Å². The average molecular weight is 625 g/mol. The molecule has 258 valence electrons. The van der Waals surface area contributed by atoms with Gasteiger partial charge >= 0.3 is 11.9 Å². The minimum Gasteiger partial charge on any atom is -0.456 e. The lowest BCUT2D eigenvalue weighted by Gasteiger charge is -2.20. The third-order valence-corrected chi connectivity index (χ3v) is 9.11. The number of carbonyl (C=O) groups is 2. The summed E-state index contributed by atoms with van der Waals surface area (Å²) in [7, 11) is 3.94. The fourth-order valence-electron chi connectivity index (χ4n) is 6.38. The molecule has 4 atom stereocenters. The Kier molecular flexibility index (Phi) is 22.1. The van der Waals surface area contributed by atoms with Crippen molar-refractivity contribution in [2.24, 2.45) is 0 Å². The molecule has 2 heterocycles. The number of unbranched alkanes of at least 4 members (excludes halogenated alkanes) is 18. The van der Waals surface area contributed by atoms with Gasteiger partial charge in [-0.3, -0.25) is 19.4 Å². The summed E-state index contributed by atoms with van der Waals surface area (Å²) in [6.07, 6.45) is 24.4. The lowest BCUT2D eigenvalue weighted by Crippen LogP contribution is -2.39. The molecule has 0 aliphatic carbocycles. The predicted molar refractivity (Wildman–Crippen MR) is 178 cm³/mol. The van der Waals surface area contributed by atoms with Crippen LogP contribution in [0.3, 0.4) is 0 Å². The van der Waals surface area contributed by atoms with Gasteiger partial charge in [0.1, 0.15) is 12.2 Å². The van der Waals surface area contributed by atoms with Gasteiger partial charge in [-0.2, -0.15) is 0 Å². The zero-order chi connectivity index (χ0) is 31.8. The van der Waals surface area contributed by atoms with E-state index in [1.54, 1.807) is 0 Å². The first kappa shape index (κ1) is 39.0. The molecule has 2 aliphatic rings. The SMILES string of the molecule is CCCCCCCCCCCCN(C)CC(=O)O[C@H]1CO[C@H]2[C@@H]1OC[C@H]2OC(=O)CN(C)CCCCCCCCCCCC. The van der Waals surface area contributed by atoms with Crippen molar-refractivity contribution in [2.45, 2.75) is 167 Å². The molecule has 0 saturated carbocycles. The van der Waals surface area contributed by atoms with E-state index in [-0.39, 0.29) is 50.4 Å². The van der Waals surface area contributed by atoms with E-state index in [1.165, 1.54) is 116 Å². The first-order valence-corrected chi connectivity index (χ1v) is 18.4. The van der Waals surface area contributed by atoms with Crippen LogP contribution in [0.2, 0.25) is 0 Å². The van der Waals surface area contributed by atoms with Crippen LogP contribution in [0.4, 0.5) is 0 Å². The van der Waals surface area contributed by atoms with E-state index in [1.807, 2.05) is 23.9 Å². The molecule has 2 rings (SSSR count). The second-order valence-corrected chi connectivity index (χ2v) is 13.5. The standard InChI is InChI=1S/C36H68N2O6/c1-5-7-9-11-13-15-17-19-21-23-25-37(3)27-33(39)43-31-29-41-36-32(30-42-35(31)36)44-34(40)28-38(4)26-24-22-20-18-16-14-12-10-8-6-2/h31-32,35-36H,5-30H2,1-4H3/t31-,32+,35-,36-/m1/s1. The van der Waals surface area contributed by atoms with Crippen molar-refractivity contribution in [2.75, 3.05) is 53.5 Å². The molecule has 8 nitrogen and oxygen atoms in total. The Hall–Kier alpha value is -1.22. The molecule has 0 unspecified atom stereocenters. The van der Waals surface area contributed by atoms with Crippen LogP contribution in [0, 0.1) is 0 Å². The second kappa shape index (κ2) is 24.9. The van der Waals surface area contributed by atoms with Crippen molar-refractivity contribution in [3.63, 3.8) is 0 Å². The van der Waals surface area contributed by atoms with Crippen LogP contribution >= 0.6 is 0 Å². The van der Waals surface area contributed by atoms with Gasteiger partial charge in [-0.1, -0.05) is 129 Å². The number of carbonyl (C=O) groups excluding carboxylic acids is 2. The fraction of sp³-hybridized carbons (Fsp3) is 0.944. The van der Waals surface area contributed by atoms with Crippen LogP contribution in [0.25, 0.3) is 0 Å². The average Bonchev–Trinajstić information content (AvgIpc) is 3.57. The number of fused-ring (bicyclic) bond motifs is 1. The third-order valence-electron chi connectivity index (χ3n) is 9.11. The van der Waals surface area contributed by atoms with Crippen LogP contribution in [-0.2, 0) is 28.5 Å². The molecule has 0 N–H and O–H groups in total. The monoisotopic (exact) mass is 625 g/mol. The molecule has 2 aliphatic heterocycles. The Morgan fingerprint density at radius 1 is 0.523 bits per heavy atom. The van der Waals surface area contributed by atoms with Gasteiger partial charge in [0.25, 0.3) is 0 Å². The molecule has 0 aromatic heterocycles. The van der Waals surface area contributed by atoms with Gasteiger partial charge in [0.05, 0.1) is 26.3 Å². The summed E-state index contributed by atoms with van der Waals surface area (Å²) in [5.74, 6) is -0.516. The van der Waals surface area contributed by atoms with Crippen LogP contribution in [0.1, 0.15) is 142 Å². The minimum absolute atomic E-state index is 0.258. The van der Waals surface area contributed by atoms with Crippen molar-refractivity contribution in [1.82, 2.24) is 9.80 Å². The molecular weight excluding hydrogens is 556 g/mol. The van der Waals surface area contributed by atoms with E-state index in [0.717, 1.165) is 25.9 Å². The number of ether oxygens (including phenoxy) is 4. The maximum Gasteiger partial charge on any atom is 0.320 e. The molecular formula is C36H68N2O6. The summed E-state index contributed by atoms with van der Waals surface area (Å²) in [4.78, 5) is 29.3. The molecule has 2 saturated heterocycles. The van der Waals surface area contributed by atoms with E-state index in [0.29, 0.717) is 0 Å². The highest BCUT2D eigenvalue weighted by Gasteiger charge is 2.51. The first-order valence-electron chi connectivity index (χ1n) is 18.4. The van der Waals surface area contributed by atoms with Crippen molar-refractivity contribution < 1.29 is 28.5 Å². The smallest absolute Gasteiger partial charge is 0.320 e. The molecule has 0 bridgehead atoms. The summed E-state index contributed by atoms with van der Waals surface area (Å²) in [6, 6.07) is 0. The Bertz CT molecular complexity index is 677. The molecule has 0 amide bonds. The van der Waals surface area contributed by atoms with Crippen LogP contribution in [0.15, 0.2) is 0 Å². The summed E-state index contributed by atoms with van der Waals surface area (Å²) >= 11 is 0. The first-order chi connectivity index (χ1) is 21.4. The molecule has 0 spiro atoms. The number of hydrogen-bond acceptors (Lipinski definition) is 8. The van der Waals surface area contributed by atoms with Gasteiger partial charge in [-0.05, 0) is 40.0 Å². The van der Waals surface area contributed by atoms with E-state index in [9.17, 15) is 9.59 Å². The lowest BCUT2D eigenvalue weighted by molar-refractivity contribution is -0.156. The van der Waals surface area contributed by atoms with Gasteiger partial charge in [0, 0.05) is 0 Å². The largest absolute Gasteiger partial charge is 0.456 e. The highest BCUT2D eigenvalue weighted by molar-refractivity contribution is 5.72. The van der Waals surface area contributed by atoms with Gasteiger partial charge in [0.15, 0.2) is 12.2 Å². The topological polar surface area (TPSA) is 77.5 Å². The molecule has 0 radical (unpaired) electrons. The number of nitrogens with zero attached hydrogens (tertiary/aromatic N) is 2. The Balaban J connectivity index is 1.50.